The number of nitrogens with one attached hydrogen (secondary N) is 1. The highest BCUT2D eigenvalue weighted by atomic mass is 32.2. The van der Waals surface area contributed by atoms with Gasteiger partial charge in [-0.25, -0.2) is 0 Å². The van der Waals surface area contributed by atoms with Crippen molar-refractivity contribution in [1.82, 2.24) is 5.32 Å². The topological polar surface area (TPSA) is 66.4 Å². The van der Waals surface area contributed by atoms with Crippen molar-refractivity contribution >= 4 is 23.6 Å². The van der Waals surface area contributed by atoms with E-state index in [4.69, 9.17) is 5.11 Å². The van der Waals surface area contributed by atoms with Gasteiger partial charge in [-0.3, -0.25) is 9.59 Å². The molecule has 94 valence electrons. The van der Waals surface area contributed by atoms with Crippen molar-refractivity contribution in [3.05, 3.63) is 0 Å². The maximum absolute atomic E-state index is 11.5. The zero-order valence-corrected chi connectivity index (χ0v) is 11.2. The predicted molar refractivity (Wildman–Crippen MR) is 66.7 cm³/mol. The first-order chi connectivity index (χ1) is 7.24. The normalized spacial score (nSPS) is 13.2. The van der Waals surface area contributed by atoms with E-state index in [1.165, 1.54) is 0 Å². The van der Waals surface area contributed by atoms with Crippen LogP contribution in [-0.2, 0) is 9.59 Å². The van der Waals surface area contributed by atoms with Gasteiger partial charge < -0.3 is 10.4 Å². The molecule has 1 amide bonds. The Morgan fingerprint density at radius 1 is 1.38 bits per heavy atom. The van der Waals surface area contributed by atoms with Crippen LogP contribution in [0.3, 0.4) is 0 Å². The van der Waals surface area contributed by atoms with Crippen LogP contribution in [0.1, 0.15) is 40.5 Å². The van der Waals surface area contributed by atoms with Crippen LogP contribution in [0.2, 0.25) is 0 Å². The van der Waals surface area contributed by atoms with Crippen LogP contribution in [0.4, 0.5) is 0 Å². The molecule has 0 fully saturated rings. The minimum absolute atomic E-state index is 0.0115. The zero-order valence-electron chi connectivity index (χ0n) is 10.4. The molecule has 0 saturated carbocycles. The van der Waals surface area contributed by atoms with Crippen molar-refractivity contribution in [2.75, 3.05) is 5.75 Å². The average Bonchev–Trinajstić information content (AvgIpc) is 2.12. The van der Waals surface area contributed by atoms with E-state index in [0.717, 1.165) is 0 Å². The first-order valence-electron chi connectivity index (χ1n) is 5.39. The van der Waals surface area contributed by atoms with Crippen molar-refractivity contribution in [2.45, 2.75) is 51.3 Å². The lowest BCUT2D eigenvalue weighted by atomic mass is 10.1. The van der Waals surface area contributed by atoms with Gasteiger partial charge in [0.2, 0.25) is 5.91 Å². The fourth-order valence-electron chi connectivity index (χ4n) is 1.06. The number of carboxylic acid groups (broad SMARTS) is 1. The van der Waals surface area contributed by atoms with Crippen molar-refractivity contribution in [3.63, 3.8) is 0 Å². The third-order valence-electron chi connectivity index (χ3n) is 1.92. The smallest absolute Gasteiger partial charge is 0.305 e. The number of rotatable bonds is 6. The van der Waals surface area contributed by atoms with Crippen LogP contribution in [0.5, 0.6) is 0 Å². The number of carbonyl (C=O) groups is 2. The zero-order chi connectivity index (χ0) is 12.8. The van der Waals surface area contributed by atoms with Gasteiger partial charge in [0.1, 0.15) is 0 Å². The molecule has 0 aromatic heterocycles. The number of hydrogen-bond acceptors (Lipinski definition) is 3. The molecule has 0 rings (SSSR count). The summed E-state index contributed by atoms with van der Waals surface area (Å²) < 4.78 is 0.0475. The second-order valence-corrected chi connectivity index (χ2v) is 6.47. The van der Waals surface area contributed by atoms with Crippen LogP contribution in [-0.4, -0.2) is 33.5 Å². The highest BCUT2D eigenvalue weighted by Crippen LogP contribution is 2.22. The summed E-state index contributed by atoms with van der Waals surface area (Å²) in [6.45, 7) is 7.99. The SMILES string of the molecule is CCC(CC(=O)O)NC(=O)CSC(C)(C)C. The van der Waals surface area contributed by atoms with Crippen LogP contribution < -0.4 is 5.32 Å². The molecule has 5 heteroatoms. The Kier molecular flexibility index (Phi) is 6.48. The summed E-state index contributed by atoms with van der Waals surface area (Å²) in [6, 6.07) is -0.259. The Bertz CT molecular complexity index is 248. The maximum atomic E-state index is 11.5. The van der Waals surface area contributed by atoms with Crippen molar-refractivity contribution in [3.8, 4) is 0 Å². The molecule has 0 aromatic carbocycles. The third-order valence-corrected chi connectivity index (χ3v) is 3.19. The summed E-state index contributed by atoms with van der Waals surface area (Å²) in [5.41, 5.74) is 0. The molecular formula is C11H21NO3S. The van der Waals surface area contributed by atoms with Crippen molar-refractivity contribution in [1.29, 1.82) is 0 Å². The average molecular weight is 247 g/mol. The molecule has 0 saturated heterocycles. The molecule has 0 aliphatic heterocycles. The number of amides is 1. The van der Waals surface area contributed by atoms with Gasteiger partial charge in [0, 0.05) is 10.8 Å². The minimum atomic E-state index is -0.879. The lowest BCUT2D eigenvalue weighted by Gasteiger charge is -2.19. The fourth-order valence-corrected chi connectivity index (χ4v) is 1.71. The van der Waals surface area contributed by atoms with Gasteiger partial charge >= 0.3 is 5.97 Å². The molecule has 0 aliphatic carbocycles. The van der Waals surface area contributed by atoms with Crippen molar-refractivity contribution < 1.29 is 14.7 Å². The van der Waals surface area contributed by atoms with E-state index in [-0.39, 0.29) is 23.1 Å². The molecule has 0 heterocycles. The molecule has 1 atom stereocenters. The minimum Gasteiger partial charge on any atom is -0.481 e. The second-order valence-electron chi connectivity index (χ2n) is 4.67. The standard InChI is InChI=1S/C11H21NO3S/c1-5-8(6-10(14)15)12-9(13)7-16-11(2,3)4/h8H,5-7H2,1-4H3,(H,12,13)(H,14,15). The Labute approximate surface area is 101 Å². The van der Waals surface area contributed by atoms with Crippen LogP contribution in [0.25, 0.3) is 0 Å². The summed E-state index contributed by atoms with van der Waals surface area (Å²) in [5, 5.41) is 11.4. The lowest BCUT2D eigenvalue weighted by molar-refractivity contribution is -0.137. The molecule has 4 nitrogen and oxygen atoms in total. The van der Waals surface area contributed by atoms with Gasteiger partial charge in [-0.1, -0.05) is 27.7 Å². The van der Waals surface area contributed by atoms with Crippen molar-refractivity contribution in [2.24, 2.45) is 0 Å². The first-order valence-corrected chi connectivity index (χ1v) is 6.38. The summed E-state index contributed by atoms with van der Waals surface area (Å²) in [4.78, 5) is 22.0. The lowest BCUT2D eigenvalue weighted by Crippen LogP contribution is -2.37. The second kappa shape index (κ2) is 6.78. The van der Waals surface area contributed by atoms with Crippen LogP contribution >= 0.6 is 11.8 Å². The molecule has 0 bridgehead atoms. The Morgan fingerprint density at radius 3 is 2.31 bits per heavy atom. The molecule has 0 spiro atoms. The molecule has 1 unspecified atom stereocenters. The van der Waals surface area contributed by atoms with Gasteiger partial charge in [0.15, 0.2) is 0 Å². The highest BCUT2D eigenvalue weighted by Gasteiger charge is 2.17. The van der Waals surface area contributed by atoms with Gasteiger partial charge in [-0.2, -0.15) is 0 Å². The molecular weight excluding hydrogens is 226 g/mol. The van der Waals surface area contributed by atoms with E-state index < -0.39 is 5.97 Å². The molecule has 0 aromatic rings. The van der Waals surface area contributed by atoms with Crippen LogP contribution in [0, 0.1) is 0 Å². The molecule has 2 N–H and O–H groups in total. The maximum Gasteiger partial charge on any atom is 0.305 e. The van der Waals surface area contributed by atoms with Gasteiger partial charge in [0.05, 0.1) is 12.2 Å². The predicted octanol–water partition coefficient (Wildman–Crippen LogP) is 1.89. The Hall–Kier alpha value is -0.710. The van der Waals surface area contributed by atoms with E-state index in [1.807, 2.05) is 27.7 Å². The Morgan fingerprint density at radius 2 is 1.94 bits per heavy atom. The van der Waals surface area contributed by atoms with Gasteiger partial charge in [-0.15, -0.1) is 11.8 Å². The monoisotopic (exact) mass is 247 g/mol. The first kappa shape index (κ1) is 15.3. The van der Waals surface area contributed by atoms with Crippen LogP contribution in [0.15, 0.2) is 0 Å². The quantitative estimate of drug-likeness (QED) is 0.752. The van der Waals surface area contributed by atoms with Gasteiger partial charge in [-0.05, 0) is 6.42 Å². The Balaban J connectivity index is 3.97. The largest absolute Gasteiger partial charge is 0.481 e. The van der Waals surface area contributed by atoms with E-state index >= 15 is 0 Å². The number of carboxylic acids is 1. The van der Waals surface area contributed by atoms with E-state index in [0.29, 0.717) is 12.2 Å². The van der Waals surface area contributed by atoms with E-state index in [9.17, 15) is 9.59 Å². The number of aliphatic carboxylic acids is 1. The van der Waals surface area contributed by atoms with Gasteiger partial charge in [0.25, 0.3) is 0 Å². The van der Waals surface area contributed by atoms with E-state index in [1.54, 1.807) is 11.8 Å². The number of carbonyl (C=O) groups excluding carboxylic acids is 1. The molecule has 0 aliphatic rings. The fraction of sp³-hybridized carbons (Fsp3) is 0.818. The molecule has 16 heavy (non-hydrogen) atoms. The molecule has 0 radical (unpaired) electrons. The summed E-state index contributed by atoms with van der Waals surface area (Å²) >= 11 is 1.55. The van der Waals surface area contributed by atoms with E-state index in [2.05, 4.69) is 5.32 Å². The number of thioether (sulfide) groups is 1. The number of hydrogen-bond donors (Lipinski definition) is 2. The summed E-state index contributed by atoms with van der Waals surface area (Å²) in [5.74, 6) is -0.594. The third kappa shape index (κ3) is 8.59. The summed E-state index contributed by atoms with van der Waals surface area (Å²) in [7, 11) is 0. The summed E-state index contributed by atoms with van der Waals surface area (Å²) in [6.07, 6.45) is 0.626. The highest BCUT2D eigenvalue weighted by molar-refractivity contribution is 8.01.